The van der Waals surface area contributed by atoms with Crippen molar-refractivity contribution in [2.24, 2.45) is 0 Å². The van der Waals surface area contributed by atoms with Crippen molar-refractivity contribution in [1.29, 1.82) is 0 Å². The molecule has 18 heavy (non-hydrogen) atoms. The van der Waals surface area contributed by atoms with E-state index in [1.165, 1.54) is 5.56 Å². The van der Waals surface area contributed by atoms with Crippen LogP contribution >= 0.6 is 0 Å². The minimum atomic E-state index is 0.0360. The number of anilines is 1. The lowest BCUT2D eigenvalue weighted by atomic mass is 10.2. The standard InChI is InChI=1S/C13H16N4O/c1-9-12(16-10(2)17-13(9)18)15-8-5-11-3-6-14-7-4-11/h3-4,6-7H,5,8H2,1-2H3,(H2,15,16,17,18). The van der Waals surface area contributed by atoms with E-state index < -0.39 is 0 Å². The van der Waals surface area contributed by atoms with Crippen molar-refractivity contribution in [1.82, 2.24) is 15.0 Å². The quantitative estimate of drug-likeness (QED) is 0.858. The summed E-state index contributed by atoms with van der Waals surface area (Å²) in [5.41, 5.74) is 1.89. The second-order valence-electron chi connectivity index (χ2n) is 4.10. The molecule has 0 amide bonds. The van der Waals surface area contributed by atoms with Crippen LogP contribution in [0.3, 0.4) is 0 Å². The molecule has 2 aromatic heterocycles. The highest BCUT2D eigenvalue weighted by molar-refractivity contribution is 5.48. The van der Waals surface area contributed by atoms with Crippen molar-refractivity contribution >= 4 is 5.82 Å². The molecule has 0 aliphatic carbocycles. The van der Waals surface area contributed by atoms with E-state index >= 15 is 0 Å². The van der Waals surface area contributed by atoms with Gasteiger partial charge in [-0.1, -0.05) is 0 Å². The average Bonchev–Trinajstić information content (AvgIpc) is 2.36. The van der Waals surface area contributed by atoms with E-state index in [0.29, 0.717) is 17.2 Å². The molecule has 5 heteroatoms. The van der Waals surface area contributed by atoms with Gasteiger partial charge in [0.15, 0.2) is 0 Å². The predicted octanol–water partition coefficient (Wildman–Crippen LogP) is 1.85. The van der Waals surface area contributed by atoms with Gasteiger partial charge in [-0.25, -0.2) is 4.98 Å². The Morgan fingerprint density at radius 1 is 1.17 bits per heavy atom. The van der Waals surface area contributed by atoms with Crippen LogP contribution in [0, 0.1) is 13.8 Å². The molecule has 2 heterocycles. The molecule has 0 radical (unpaired) electrons. The SMILES string of the molecule is Cc1nc(O)c(C)c(NCCc2ccncc2)n1. The Bertz CT molecular complexity index is 528. The van der Waals surface area contributed by atoms with Gasteiger partial charge >= 0.3 is 0 Å². The average molecular weight is 244 g/mol. The maximum atomic E-state index is 9.60. The molecule has 94 valence electrons. The fourth-order valence-corrected chi connectivity index (χ4v) is 1.66. The molecule has 0 fully saturated rings. The van der Waals surface area contributed by atoms with Crippen LogP contribution < -0.4 is 5.32 Å². The Morgan fingerprint density at radius 2 is 1.89 bits per heavy atom. The molecule has 5 nitrogen and oxygen atoms in total. The van der Waals surface area contributed by atoms with Crippen molar-refractivity contribution in [2.45, 2.75) is 20.3 Å². The fourth-order valence-electron chi connectivity index (χ4n) is 1.66. The first-order valence-electron chi connectivity index (χ1n) is 5.84. The third-order valence-electron chi connectivity index (χ3n) is 2.69. The summed E-state index contributed by atoms with van der Waals surface area (Å²) in [4.78, 5) is 12.1. The van der Waals surface area contributed by atoms with Crippen molar-refractivity contribution in [3.05, 3.63) is 41.5 Å². The Kier molecular flexibility index (Phi) is 3.72. The predicted molar refractivity (Wildman–Crippen MR) is 69.6 cm³/mol. The first kappa shape index (κ1) is 12.3. The van der Waals surface area contributed by atoms with Gasteiger partial charge in [0, 0.05) is 18.9 Å². The van der Waals surface area contributed by atoms with Gasteiger partial charge in [-0.2, -0.15) is 4.98 Å². The number of aromatic nitrogens is 3. The smallest absolute Gasteiger partial charge is 0.219 e. The molecule has 2 rings (SSSR count). The molecule has 0 atom stereocenters. The molecule has 0 saturated carbocycles. The van der Waals surface area contributed by atoms with Crippen LogP contribution in [0.2, 0.25) is 0 Å². The fraction of sp³-hybridized carbons (Fsp3) is 0.308. The number of aryl methyl sites for hydroxylation is 1. The third-order valence-corrected chi connectivity index (χ3v) is 2.69. The van der Waals surface area contributed by atoms with Gasteiger partial charge in [-0.05, 0) is 38.0 Å². The van der Waals surface area contributed by atoms with E-state index in [-0.39, 0.29) is 5.88 Å². The summed E-state index contributed by atoms with van der Waals surface area (Å²) in [6.45, 7) is 4.30. The van der Waals surface area contributed by atoms with Crippen LogP contribution in [0.25, 0.3) is 0 Å². The second kappa shape index (κ2) is 5.44. The van der Waals surface area contributed by atoms with Crippen molar-refractivity contribution in [2.75, 3.05) is 11.9 Å². The first-order chi connectivity index (χ1) is 8.66. The van der Waals surface area contributed by atoms with Gasteiger partial charge in [-0.15, -0.1) is 0 Å². The molecule has 0 aliphatic rings. The second-order valence-corrected chi connectivity index (χ2v) is 4.10. The highest BCUT2D eigenvalue weighted by Gasteiger charge is 2.07. The zero-order chi connectivity index (χ0) is 13.0. The summed E-state index contributed by atoms with van der Waals surface area (Å²) in [6.07, 6.45) is 4.44. The minimum absolute atomic E-state index is 0.0360. The molecule has 0 aromatic carbocycles. The largest absolute Gasteiger partial charge is 0.493 e. The highest BCUT2D eigenvalue weighted by Crippen LogP contribution is 2.20. The van der Waals surface area contributed by atoms with Gasteiger partial charge in [0.05, 0.1) is 5.56 Å². The van der Waals surface area contributed by atoms with Gasteiger partial charge in [0.2, 0.25) is 5.88 Å². The van der Waals surface area contributed by atoms with E-state index in [0.717, 1.165) is 13.0 Å². The summed E-state index contributed by atoms with van der Waals surface area (Å²) in [7, 11) is 0. The molecule has 0 unspecified atom stereocenters. The number of pyridine rings is 1. The van der Waals surface area contributed by atoms with Crippen LogP contribution in [-0.2, 0) is 6.42 Å². The molecule has 2 N–H and O–H groups in total. The Labute approximate surface area is 106 Å². The molecule has 0 bridgehead atoms. The van der Waals surface area contributed by atoms with Crippen LogP contribution in [0.1, 0.15) is 17.0 Å². The van der Waals surface area contributed by atoms with Gasteiger partial charge < -0.3 is 10.4 Å². The maximum Gasteiger partial charge on any atom is 0.219 e. The summed E-state index contributed by atoms with van der Waals surface area (Å²) in [6, 6.07) is 3.97. The normalized spacial score (nSPS) is 10.3. The third kappa shape index (κ3) is 2.94. The van der Waals surface area contributed by atoms with E-state index in [9.17, 15) is 5.11 Å². The van der Waals surface area contributed by atoms with Crippen LogP contribution in [-0.4, -0.2) is 26.6 Å². The van der Waals surface area contributed by atoms with Crippen LogP contribution in [0.15, 0.2) is 24.5 Å². The summed E-state index contributed by atoms with van der Waals surface area (Å²) in [5, 5.41) is 12.8. The van der Waals surface area contributed by atoms with Crippen molar-refractivity contribution in [3.63, 3.8) is 0 Å². The van der Waals surface area contributed by atoms with Crippen molar-refractivity contribution < 1.29 is 5.11 Å². The Balaban J connectivity index is 1.99. The number of nitrogens with zero attached hydrogens (tertiary/aromatic N) is 3. The van der Waals surface area contributed by atoms with Crippen LogP contribution in [0.5, 0.6) is 5.88 Å². The van der Waals surface area contributed by atoms with Gasteiger partial charge in [-0.3, -0.25) is 4.98 Å². The summed E-state index contributed by atoms with van der Waals surface area (Å²) in [5.74, 6) is 1.28. The Hall–Kier alpha value is -2.17. The van der Waals surface area contributed by atoms with E-state index in [1.54, 1.807) is 26.2 Å². The number of hydrogen-bond donors (Lipinski definition) is 2. The number of aromatic hydroxyl groups is 1. The number of rotatable bonds is 4. The molecule has 2 aromatic rings. The lowest BCUT2D eigenvalue weighted by Gasteiger charge is -2.10. The topological polar surface area (TPSA) is 70.9 Å². The maximum absolute atomic E-state index is 9.60. The molecule has 0 aliphatic heterocycles. The Morgan fingerprint density at radius 3 is 2.61 bits per heavy atom. The first-order valence-corrected chi connectivity index (χ1v) is 5.84. The van der Waals surface area contributed by atoms with Crippen LogP contribution in [0.4, 0.5) is 5.82 Å². The molecular weight excluding hydrogens is 228 g/mol. The monoisotopic (exact) mass is 244 g/mol. The highest BCUT2D eigenvalue weighted by atomic mass is 16.3. The van der Waals surface area contributed by atoms with Gasteiger partial charge in [0.25, 0.3) is 0 Å². The summed E-state index contributed by atoms with van der Waals surface area (Å²) < 4.78 is 0. The minimum Gasteiger partial charge on any atom is -0.493 e. The zero-order valence-electron chi connectivity index (χ0n) is 10.5. The lowest BCUT2D eigenvalue weighted by Crippen LogP contribution is -2.09. The summed E-state index contributed by atoms with van der Waals surface area (Å²) >= 11 is 0. The zero-order valence-corrected chi connectivity index (χ0v) is 10.5. The van der Waals surface area contributed by atoms with E-state index in [4.69, 9.17) is 0 Å². The lowest BCUT2D eigenvalue weighted by molar-refractivity contribution is 0.446. The van der Waals surface area contributed by atoms with Crippen molar-refractivity contribution in [3.8, 4) is 5.88 Å². The molecule has 0 spiro atoms. The van der Waals surface area contributed by atoms with E-state index in [1.807, 2.05) is 12.1 Å². The number of nitrogens with one attached hydrogen (secondary N) is 1. The number of hydrogen-bond acceptors (Lipinski definition) is 5. The molecular formula is C13H16N4O. The molecule has 0 saturated heterocycles. The van der Waals surface area contributed by atoms with Gasteiger partial charge in [0.1, 0.15) is 11.6 Å². The van der Waals surface area contributed by atoms with E-state index in [2.05, 4.69) is 20.3 Å².